The van der Waals surface area contributed by atoms with Gasteiger partial charge in [-0.3, -0.25) is 9.48 Å². The van der Waals surface area contributed by atoms with E-state index in [-0.39, 0.29) is 5.91 Å². The molecule has 1 fully saturated rings. The molecule has 10 nitrogen and oxygen atoms in total. The Morgan fingerprint density at radius 1 is 1.33 bits per heavy atom. The number of hydrogen-bond acceptors (Lipinski definition) is 7. The number of hydrogen-bond donors (Lipinski definition) is 2. The number of methoxy groups -OCH3 is 1. The zero-order valence-corrected chi connectivity index (χ0v) is 14.9. The lowest BCUT2D eigenvalue weighted by atomic mass is 9.87. The lowest BCUT2D eigenvalue weighted by Crippen LogP contribution is -2.52. The summed E-state index contributed by atoms with van der Waals surface area (Å²) < 4.78 is 8.62. The molecule has 1 amide bonds. The van der Waals surface area contributed by atoms with Gasteiger partial charge in [-0.05, 0) is 60.6 Å². The van der Waals surface area contributed by atoms with Gasteiger partial charge in [-0.1, -0.05) is 0 Å². The molecule has 10 heteroatoms. The Kier molecular flexibility index (Phi) is 4.55. The summed E-state index contributed by atoms with van der Waals surface area (Å²) in [5, 5.41) is 21.9. The van der Waals surface area contributed by atoms with Gasteiger partial charge in [0.15, 0.2) is 0 Å². The molecule has 0 aliphatic carbocycles. The second-order valence-electron chi connectivity index (χ2n) is 6.33. The molecule has 0 atom stereocenters. The van der Waals surface area contributed by atoms with Crippen LogP contribution < -0.4 is 15.4 Å². The van der Waals surface area contributed by atoms with Crippen LogP contribution in [0.15, 0.2) is 43.0 Å². The molecule has 4 rings (SSSR count). The lowest BCUT2D eigenvalue weighted by Gasteiger charge is -2.36. The van der Waals surface area contributed by atoms with Crippen LogP contribution in [-0.4, -0.2) is 56.1 Å². The van der Waals surface area contributed by atoms with Crippen molar-refractivity contribution in [3.05, 3.63) is 43.0 Å². The molecule has 2 aromatic heterocycles. The zero-order valence-electron chi connectivity index (χ0n) is 14.9. The van der Waals surface area contributed by atoms with Crippen molar-refractivity contribution >= 4 is 11.6 Å². The summed E-state index contributed by atoms with van der Waals surface area (Å²) in [6.07, 6.45) is 6.33. The van der Waals surface area contributed by atoms with Crippen LogP contribution in [0.5, 0.6) is 5.75 Å². The average Bonchev–Trinajstić information content (AvgIpc) is 3.42. The first kappa shape index (κ1) is 17.2. The third-order valence-corrected chi connectivity index (χ3v) is 4.83. The average molecular weight is 368 g/mol. The molecule has 0 spiro atoms. The van der Waals surface area contributed by atoms with Gasteiger partial charge in [0, 0.05) is 18.1 Å². The van der Waals surface area contributed by atoms with Crippen molar-refractivity contribution in [3.63, 3.8) is 0 Å². The molecule has 0 radical (unpaired) electrons. The molecule has 0 bridgehead atoms. The van der Waals surface area contributed by atoms with E-state index in [4.69, 9.17) is 4.74 Å². The third-order valence-electron chi connectivity index (χ3n) is 4.83. The second kappa shape index (κ2) is 7.16. The molecule has 0 unspecified atom stereocenters. The Morgan fingerprint density at radius 2 is 2.19 bits per heavy atom. The fraction of sp³-hybridized carbons (Fsp3) is 0.353. The van der Waals surface area contributed by atoms with Gasteiger partial charge in [0.05, 0.1) is 7.11 Å². The summed E-state index contributed by atoms with van der Waals surface area (Å²) in [5.74, 6) is 0.504. The van der Waals surface area contributed by atoms with Gasteiger partial charge in [0.2, 0.25) is 0 Å². The molecule has 3 aromatic rings. The topological polar surface area (TPSA) is 112 Å². The van der Waals surface area contributed by atoms with Gasteiger partial charge in [0.1, 0.15) is 23.3 Å². The Labute approximate surface area is 155 Å². The number of tetrazole rings is 1. The Balaban J connectivity index is 1.65. The highest BCUT2D eigenvalue weighted by atomic mass is 16.5. The smallest absolute Gasteiger partial charge is 0.252 e. The number of benzene rings is 1. The number of nitrogens with zero attached hydrogens (tertiary/aromatic N) is 6. The van der Waals surface area contributed by atoms with E-state index in [1.807, 2.05) is 12.3 Å². The monoisotopic (exact) mass is 368 g/mol. The highest BCUT2D eigenvalue weighted by Gasteiger charge is 2.42. The van der Waals surface area contributed by atoms with E-state index in [0.717, 1.165) is 13.1 Å². The third kappa shape index (κ3) is 3.14. The number of nitrogens with one attached hydrogen (secondary N) is 2. The first-order chi connectivity index (χ1) is 13.2. The van der Waals surface area contributed by atoms with E-state index < -0.39 is 5.54 Å². The molecule has 1 saturated heterocycles. The van der Waals surface area contributed by atoms with Crippen molar-refractivity contribution in [2.75, 3.05) is 25.5 Å². The van der Waals surface area contributed by atoms with Crippen molar-refractivity contribution in [3.8, 4) is 11.4 Å². The second-order valence-corrected chi connectivity index (χ2v) is 6.33. The summed E-state index contributed by atoms with van der Waals surface area (Å²) >= 11 is 0. The summed E-state index contributed by atoms with van der Waals surface area (Å²) in [5.41, 5.74) is 0.555. The molecule has 3 heterocycles. The number of carbonyl (C=O) groups is 1. The summed E-state index contributed by atoms with van der Waals surface area (Å²) in [6.45, 7) is 1.51. The predicted molar refractivity (Wildman–Crippen MR) is 96.6 cm³/mol. The van der Waals surface area contributed by atoms with E-state index in [1.54, 1.807) is 36.2 Å². The summed E-state index contributed by atoms with van der Waals surface area (Å²) in [6, 6.07) is 7.18. The van der Waals surface area contributed by atoms with Gasteiger partial charge in [-0.15, -0.1) is 5.10 Å². The van der Waals surface area contributed by atoms with E-state index in [2.05, 4.69) is 31.3 Å². The minimum Gasteiger partial charge on any atom is -0.494 e. The van der Waals surface area contributed by atoms with Crippen LogP contribution in [0.4, 0.5) is 5.69 Å². The number of piperidine rings is 1. The molecule has 140 valence electrons. The van der Waals surface area contributed by atoms with Crippen molar-refractivity contribution in [2.24, 2.45) is 0 Å². The Morgan fingerprint density at radius 3 is 2.85 bits per heavy atom. The fourth-order valence-corrected chi connectivity index (χ4v) is 3.39. The molecule has 1 aliphatic rings. The quantitative estimate of drug-likeness (QED) is 0.678. The van der Waals surface area contributed by atoms with E-state index >= 15 is 0 Å². The van der Waals surface area contributed by atoms with Crippen LogP contribution in [0.3, 0.4) is 0 Å². The predicted octanol–water partition coefficient (Wildman–Crippen LogP) is 0.585. The molecule has 1 aromatic carbocycles. The molecular formula is C17H20N8O2. The summed E-state index contributed by atoms with van der Waals surface area (Å²) in [4.78, 5) is 13.3. The van der Waals surface area contributed by atoms with Crippen LogP contribution in [-0.2, 0) is 10.3 Å². The van der Waals surface area contributed by atoms with Gasteiger partial charge < -0.3 is 15.4 Å². The van der Waals surface area contributed by atoms with E-state index in [9.17, 15) is 4.79 Å². The zero-order chi connectivity index (χ0) is 18.7. The van der Waals surface area contributed by atoms with Gasteiger partial charge >= 0.3 is 0 Å². The molecular weight excluding hydrogens is 348 g/mol. The van der Waals surface area contributed by atoms with E-state index in [0.29, 0.717) is 30.0 Å². The normalized spacial score (nSPS) is 16.0. The van der Waals surface area contributed by atoms with Gasteiger partial charge in [0.25, 0.3) is 5.91 Å². The number of carbonyl (C=O) groups excluding carboxylic acids is 1. The number of aromatic nitrogens is 6. The van der Waals surface area contributed by atoms with Crippen LogP contribution in [0.2, 0.25) is 0 Å². The van der Waals surface area contributed by atoms with Crippen LogP contribution in [0.25, 0.3) is 5.69 Å². The lowest BCUT2D eigenvalue weighted by molar-refractivity contribution is -0.126. The van der Waals surface area contributed by atoms with Crippen LogP contribution >= 0.6 is 0 Å². The maximum atomic E-state index is 13.3. The maximum absolute atomic E-state index is 13.3. The largest absolute Gasteiger partial charge is 0.494 e. The molecule has 1 aliphatic heterocycles. The highest BCUT2D eigenvalue weighted by Crippen LogP contribution is 2.30. The van der Waals surface area contributed by atoms with Gasteiger partial charge in [-0.2, -0.15) is 9.78 Å². The van der Waals surface area contributed by atoms with Crippen molar-refractivity contribution in [1.29, 1.82) is 0 Å². The van der Waals surface area contributed by atoms with Crippen molar-refractivity contribution in [2.45, 2.75) is 18.4 Å². The molecule has 27 heavy (non-hydrogen) atoms. The van der Waals surface area contributed by atoms with E-state index in [1.165, 1.54) is 11.0 Å². The first-order valence-electron chi connectivity index (χ1n) is 8.67. The fourth-order valence-electron chi connectivity index (χ4n) is 3.39. The Hall–Kier alpha value is -3.27. The summed E-state index contributed by atoms with van der Waals surface area (Å²) in [7, 11) is 1.57. The Bertz CT molecular complexity index is 901. The number of rotatable bonds is 5. The minimum absolute atomic E-state index is 0.0967. The maximum Gasteiger partial charge on any atom is 0.252 e. The van der Waals surface area contributed by atoms with Crippen molar-refractivity contribution < 1.29 is 9.53 Å². The van der Waals surface area contributed by atoms with Crippen LogP contribution in [0.1, 0.15) is 12.8 Å². The highest BCUT2D eigenvalue weighted by molar-refractivity contribution is 5.97. The SMILES string of the molecule is COc1ccc(NC(=O)C2(n3cccn3)CCNCC2)cc1-n1cnnn1. The number of anilines is 1. The standard InChI is InChI=1S/C17H20N8O2/c1-27-15-4-3-13(11-14(15)24-12-19-22-23-24)21-16(26)17(5-8-18-9-6-17)25-10-2-7-20-25/h2-4,7,10-12,18H,5-6,8-9H2,1H3,(H,21,26). The van der Waals surface area contributed by atoms with Crippen LogP contribution in [0, 0.1) is 0 Å². The first-order valence-corrected chi connectivity index (χ1v) is 8.67. The molecule has 0 saturated carbocycles. The molecule has 2 N–H and O–H groups in total. The minimum atomic E-state index is -0.719. The number of ether oxygens (including phenoxy) is 1. The van der Waals surface area contributed by atoms with Crippen molar-refractivity contribution in [1.82, 2.24) is 35.3 Å². The van der Waals surface area contributed by atoms with Gasteiger partial charge in [-0.25, -0.2) is 0 Å². The number of amides is 1.